The topological polar surface area (TPSA) is 74.3 Å². The van der Waals surface area contributed by atoms with Gasteiger partial charge in [-0.2, -0.15) is 12.7 Å². The predicted molar refractivity (Wildman–Crippen MR) is 89.1 cm³/mol. The maximum Gasteiger partial charge on any atom is 0.301 e. The summed E-state index contributed by atoms with van der Waals surface area (Å²) in [6.45, 7) is 0.764. The molecule has 0 atom stereocenters. The van der Waals surface area contributed by atoms with Gasteiger partial charge in [0, 0.05) is 20.6 Å². The van der Waals surface area contributed by atoms with Crippen molar-refractivity contribution >= 4 is 21.7 Å². The molecule has 0 radical (unpaired) electrons. The van der Waals surface area contributed by atoms with Crippen molar-refractivity contribution in [2.45, 2.75) is 6.42 Å². The Morgan fingerprint density at radius 3 is 2.41 bits per heavy atom. The summed E-state index contributed by atoms with van der Waals surface area (Å²) in [6.07, 6.45) is 2.39. The van der Waals surface area contributed by atoms with Crippen LogP contribution in [0.4, 0.5) is 11.5 Å². The zero-order valence-corrected chi connectivity index (χ0v) is 13.5. The highest BCUT2D eigenvalue weighted by atomic mass is 32.2. The molecule has 0 saturated heterocycles. The molecule has 0 aliphatic heterocycles. The molecule has 0 saturated carbocycles. The lowest BCUT2D eigenvalue weighted by atomic mass is 10.1. The highest BCUT2D eigenvalue weighted by Gasteiger charge is 2.12. The van der Waals surface area contributed by atoms with Crippen LogP contribution in [0.15, 0.2) is 48.7 Å². The van der Waals surface area contributed by atoms with Crippen molar-refractivity contribution in [3.8, 4) is 0 Å². The smallest absolute Gasteiger partial charge is 0.301 e. The van der Waals surface area contributed by atoms with Gasteiger partial charge in [-0.15, -0.1) is 0 Å². The first kappa shape index (κ1) is 16.3. The predicted octanol–water partition coefficient (Wildman–Crippen LogP) is 1.95. The summed E-state index contributed by atoms with van der Waals surface area (Å²) in [5, 5.41) is 3.21. The van der Waals surface area contributed by atoms with Crippen LogP contribution < -0.4 is 10.0 Å². The Bertz CT molecular complexity index is 685. The number of aromatic nitrogens is 1. The molecule has 0 unspecified atom stereocenters. The highest BCUT2D eigenvalue weighted by Crippen LogP contribution is 2.12. The molecule has 6 nitrogen and oxygen atoms in total. The van der Waals surface area contributed by atoms with Crippen LogP contribution in [0, 0.1) is 0 Å². The molecule has 2 N–H and O–H groups in total. The number of benzene rings is 1. The summed E-state index contributed by atoms with van der Waals surface area (Å²) < 4.78 is 26.9. The third-order valence-electron chi connectivity index (χ3n) is 3.05. The first-order chi connectivity index (χ1) is 10.5. The molecular weight excluding hydrogens is 300 g/mol. The first-order valence-electron chi connectivity index (χ1n) is 6.91. The second kappa shape index (κ2) is 7.24. The Labute approximate surface area is 131 Å². The van der Waals surface area contributed by atoms with Gasteiger partial charge in [-0.05, 0) is 24.1 Å². The monoisotopic (exact) mass is 320 g/mol. The van der Waals surface area contributed by atoms with Crippen LogP contribution in [-0.2, 0) is 16.6 Å². The van der Waals surface area contributed by atoms with E-state index in [2.05, 4.69) is 27.2 Å². The fourth-order valence-corrected chi connectivity index (χ4v) is 2.38. The number of nitrogens with one attached hydrogen (secondary N) is 2. The number of pyridine rings is 1. The normalized spacial score (nSPS) is 11.4. The first-order valence-corrected chi connectivity index (χ1v) is 8.35. The van der Waals surface area contributed by atoms with Crippen molar-refractivity contribution in [1.29, 1.82) is 0 Å². The van der Waals surface area contributed by atoms with E-state index in [4.69, 9.17) is 0 Å². The third-order valence-corrected chi connectivity index (χ3v) is 4.51. The fourth-order valence-electron chi connectivity index (χ4n) is 1.78. The van der Waals surface area contributed by atoms with Crippen LogP contribution in [0.25, 0.3) is 0 Å². The van der Waals surface area contributed by atoms with E-state index in [1.165, 1.54) is 25.9 Å². The van der Waals surface area contributed by atoms with Gasteiger partial charge in [0.1, 0.15) is 5.82 Å². The number of nitrogens with zero attached hydrogens (tertiary/aromatic N) is 2. The Hall–Kier alpha value is -2.12. The molecule has 0 aliphatic carbocycles. The molecule has 1 heterocycles. The van der Waals surface area contributed by atoms with Crippen LogP contribution in [0.1, 0.15) is 5.56 Å². The second-order valence-electron chi connectivity index (χ2n) is 4.98. The van der Waals surface area contributed by atoms with Gasteiger partial charge in [-0.3, -0.25) is 4.72 Å². The zero-order chi connectivity index (χ0) is 16.0. The summed E-state index contributed by atoms with van der Waals surface area (Å²) >= 11 is 0. The van der Waals surface area contributed by atoms with Crippen molar-refractivity contribution in [3.63, 3.8) is 0 Å². The van der Waals surface area contributed by atoms with Crippen LogP contribution in [0.3, 0.4) is 0 Å². The average Bonchev–Trinajstić information content (AvgIpc) is 2.50. The van der Waals surface area contributed by atoms with Crippen molar-refractivity contribution in [1.82, 2.24) is 9.29 Å². The molecule has 0 fully saturated rings. The van der Waals surface area contributed by atoms with Gasteiger partial charge in [0.05, 0.1) is 11.9 Å². The van der Waals surface area contributed by atoms with Crippen LogP contribution in [0.2, 0.25) is 0 Å². The largest absolute Gasteiger partial charge is 0.370 e. The number of rotatable bonds is 7. The molecule has 0 bridgehead atoms. The maximum absolute atomic E-state index is 11.7. The van der Waals surface area contributed by atoms with Crippen LogP contribution in [0.5, 0.6) is 0 Å². The fraction of sp³-hybridized carbons (Fsp3) is 0.267. The summed E-state index contributed by atoms with van der Waals surface area (Å²) in [5.41, 5.74) is 1.69. The van der Waals surface area contributed by atoms with E-state index in [0.717, 1.165) is 17.3 Å². The molecule has 0 spiro atoms. The average molecular weight is 320 g/mol. The standard InChI is InChI=1S/C15H20N4O2S/c1-19(2)22(20,21)18-14-8-9-15(17-12-14)16-11-10-13-6-4-3-5-7-13/h3-9,12,18H,10-11H2,1-2H3,(H,16,17). The van der Waals surface area contributed by atoms with Crippen molar-refractivity contribution in [3.05, 3.63) is 54.2 Å². The van der Waals surface area contributed by atoms with Crippen molar-refractivity contribution in [2.75, 3.05) is 30.7 Å². The van der Waals surface area contributed by atoms with Gasteiger partial charge < -0.3 is 5.32 Å². The van der Waals surface area contributed by atoms with Gasteiger partial charge in [0.15, 0.2) is 0 Å². The lowest BCUT2D eigenvalue weighted by Crippen LogP contribution is -2.28. The number of anilines is 2. The van der Waals surface area contributed by atoms with E-state index in [-0.39, 0.29) is 0 Å². The molecule has 0 aliphatic rings. The van der Waals surface area contributed by atoms with Crippen LogP contribution in [-0.4, -0.2) is 38.3 Å². The minimum Gasteiger partial charge on any atom is -0.370 e. The SMILES string of the molecule is CN(C)S(=O)(=O)Nc1ccc(NCCc2ccccc2)nc1. The quantitative estimate of drug-likeness (QED) is 0.818. The molecule has 0 amide bonds. The minimum absolute atomic E-state index is 0.433. The van der Waals surface area contributed by atoms with Crippen molar-refractivity contribution in [2.24, 2.45) is 0 Å². The van der Waals surface area contributed by atoms with Gasteiger partial charge in [-0.25, -0.2) is 4.98 Å². The molecule has 2 rings (SSSR count). The van der Waals surface area contributed by atoms with E-state index < -0.39 is 10.2 Å². The molecule has 22 heavy (non-hydrogen) atoms. The van der Waals surface area contributed by atoms with Gasteiger partial charge in [0.2, 0.25) is 0 Å². The van der Waals surface area contributed by atoms with E-state index >= 15 is 0 Å². The molecule has 118 valence electrons. The third kappa shape index (κ3) is 4.71. The summed E-state index contributed by atoms with van der Waals surface area (Å²) in [4.78, 5) is 4.20. The van der Waals surface area contributed by atoms with Crippen LogP contribution >= 0.6 is 0 Å². The Morgan fingerprint density at radius 1 is 1.09 bits per heavy atom. The van der Waals surface area contributed by atoms with E-state index in [0.29, 0.717) is 11.5 Å². The number of hydrogen-bond acceptors (Lipinski definition) is 4. The van der Waals surface area contributed by atoms with Gasteiger partial charge in [0.25, 0.3) is 0 Å². The summed E-state index contributed by atoms with van der Waals surface area (Å²) in [6, 6.07) is 13.6. The number of hydrogen-bond donors (Lipinski definition) is 2. The van der Waals surface area contributed by atoms with Crippen molar-refractivity contribution < 1.29 is 8.42 Å². The zero-order valence-electron chi connectivity index (χ0n) is 12.7. The minimum atomic E-state index is -3.49. The lowest BCUT2D eigenvalue weighted by Gasteiger charge is -2.13. The van der Waals surface area contributed by atoms with Gasteiger partial charge in [-0.1, -0.05) is 30.3 Å². The Morgan fingerprint density at radius 2 is 1.82 bits per heavy atom. The maximum atomic E-state index is 11.7. The van der Waals surface area contributed by atoms with Gasteiger partial charge >= 0.3 is 10.2 Å². The molecule has 1 aromatic heterocycles. The summed E-state index contributed by atoms with van der Waals surface area (Å²) in [5.74, 6) is 0.712. The lowest BCUT2D eigenvalue weighted by molar-refractivity contribution is 0.527. The molecular formula is C15H20N4O2S. The van der Waals surface area contributed by atoms with E-state index in [9.17, 15) is 8.42 Å². The highest BCUT2D eigenvalue weighted by molar-refractivity contribution is 7.90. The molecule has 7 heteroatoms. The second-order valence-corrected chi connectivity index (χ2v) is 6.87. The molecule has 2 aromatic rings. The van der Waals surface area contributed by atoms with E-state index in [1.54, 1.807) is 12.1 Å². The summed E-state index contributed by atoms with van der Waals surface area (Å²) in [7, 11) is -0.559. The molecule has 1 aromatic carbocycles. The Balaban J connectivity index is 1.87. The van der Waals surface area contributed by atoms with E-state index in [1.807, 2.05) is 18.2 Å². The Kier molecular flexibility index (Phi) is 5.35.